The van der Waals surface area contributed by atoms with Gasteiger partial charge in [0.1, 0.15) is 18.2 Å². The molecular formula is C19H18N2O4. The highest BCUT2D eigenvalue weighted by Crippen LogP contribution is 2.12. The SMILES string of the molecule is COc1ccc(C(=O)OCCn2c(C)nc3ccccc3c2=O)cc1. The molecule has 0 N–H and O–H groups in total. The van der Waals surface area contributed by atoms with Gasteiger partial charge in [0.2, 0.25) is 0 Å². The van der Waals surface area contributed by atoms with Crippen LogP contribution in [0.2, 0.25) is 0 Å². The van der Waals surface area contributed by atoms with Gasteiger partial charge < -0.3 is 9.47 Å². The maximum atomic E-state index is 12.5. The summed E-state index contributed by atoms with van der Waals surface area (Å²) < 4.78 is 11.8. The van der Waals surface area contributed by atoms with Crippen molar-refractivity contribution in [3.05, 3.63) is 70.3 Å². The van der Waals surface area contributed by atoms with Crippen molar-refractivity contribution < 1.29 is 14.3 Å². The average molecular weight is 338 g/mol. The predicted octanol–water partition coefficient (Wildman–Crippen LogP) is 2.57. The number of aromatic nitrogens is 2. The fourth-order valence-electron chi connectivity index (χ4n) is 2.58. The molecule has 6 nitrogen and oxygen atoms in total. The van der Waals surface area contributed by atoms with Crippen LogP contribution in [0.3, 0.4) is 0 Å². The van der Waals surface area contributed by atoms with E-state index in [9.17, 15) is 9.59 Å². The fraction of sp³-hybridized carbons (Fsp3) is 0.211. The van der Waals surface area contributed by atoms with Gasteiger partial charge in [0.05, 0.1) is 30.1 Å². The van der Waals surface area contributed by atoms with Gasteiger partial charge in [0.25, 0.3) is 5.56 Å². The van der Waals surface area contributed by atoms with Gasteiger partial charge in [-0.25, -0.2) is 9.78 Å². The van der Waals surface area contributed by atoms with Crippen LogP contribution in [-0.2, 0) is 11.3 Å². The molecule has 0 amide bonds. The molecular weight excluding hydrogens is 320 g/mol. The number of esters is 1. The predicted molar refractivity (Wildman–Crippen MR) is 94.0 cm³/mol. The minimum Gasteiger partial charge on any atom is -0.497 e. The van der Waals surface area contributed by atoms with Crippen LogP contribution in [0.4, 0.5) is 0 Å². The van der Waals surface area contributed by atoms with Crippen LogP contribution in [0, 0.1) is 6.92 Å². The third-order valence-electron chi connectivity index (χ3n) is 3.93. The molecule has 2 aromatic carbocycles. The Labute approximate surface area is 144 Å². The van der Waals surface area contributed by atoms with Crippen molar-refractivity contribution in [3.8, 4) is 5.75 Å². The summed E-state index contributed by atoms with van der Waals surface area (Å²) in [5.74, 6) is 0.812. The summed E-state index contributed by atoms with van der Waals surface area (Å²) in [4.78, 5) is 29.0. The minimum absolute atomic E-state index is 0.0889. The van der Waals surface area contributed by atoms with Gasteiger partial charge in [-0.2, -0.15) is 0 Å². The Bertz CT molecular complexity index is 961. The van der Waals surface area contributed by atoms with Crippen molar-refractivity contribution in [1.82, 2.24) is 9.55 Å². The Kier molecular flexibility index (Phi) is 4.79. The summed E-state index contributed by atoms with van der Waals surface area (Å²) in [6.45, 7) is 2.11. The number of aryl methyl sites for hydroxylation is 1. The van der Waals surface area contributed by atoms with Crippen molar-refractivity contribution >= 4 is 16.9 Å². The molecule has 0 saturated carbocycles. The molecule has 3 aromatic rings. The van der Waals surface area contributed by atoms with Gasteiger partial charge in [-0.05, 0) is 43.3 Å². The smallest absolute Gasteiger partial charge is 0.338 e. The van der Waals surface area contributed by atoms with E-state index < -0.39 is 5.97 Å². The molecule has 6 heteroatoms. The number of hydrogen-bond donors (Lipinski definition) is 0. The lowest BCUT2D eigenvalue weighted by molar-refractivity contribution is 0.0489. The molecule has 0 unspecified atom stereocenters. The number of hydrogen-bond acceptors (Lipinski definition) is 5. The second-order valence-electron chi connectivity index (χ2n) is 5.50. The largest absolute Gasteiger partial charge is 0.497 e. The third kappa shape index (κ3) is 3.52. The number of methoxy groups -OCH3 is 1. The average Bonchev–Trinajstić information content (AvgIpc) is 2.64. The van der Waals surface area contributed by atoms with Gasteiger partial charge >= 0.3 is 5.97 Å². The molecule has 0 aliphatic heterocycles. The Morgan fingerprint density at radius 2 is 1.84 bits per heavy atom. The van der Waals surface area contributed by atoms with E-state index in [1.165, 1.54) is 4.57 Å². The first-order chi connectivity index (χ1) is 12.1. The lowest BCUT2D eigenvalue weighted by Gasteiger charge is -2.11. The number of nitrogens with zero attached hydrogens (tertiary/aromatic N) is 2. The van der Waals surface area contributed by atoms with Crippen molar-refractivity contribution in [1.29, 1.82) is 0 Å². The highest BCUT2D eigenvalue weighted by Gasteiger charge is 2.10. The number of rotatable bonds is 5. The highest BCUT2D eigenvalue weighted by molar-refractivity contribution is 5.89. The van der Waals surface area contributed by atoms with Crippen molar-refractivity contribution in [3.63, 3.8) is 0 Å². The lowest BCUT2D eigenvalue weighted by atomic mass is 10.2. The minimum atomic E-state index is -0.442. The molecule has 128 valence electrons. The molecule has 1 heterocycles. The lowest BCUT2D eigenvalue weighted by Crippen LogP contribution is -2.26. The van der Waals surface area contributed by atoms with E-state index in [1.807, 2.05) is 6.07 Å². The fourth-order valence-corrected chi connectivity index (χ4v) is 2.58. The van der Waals surface area contributed by atoms with Gasteiger partial charge in [-0.3, -0.25) is 9.36 Å². The zero-order chi connectivity index (χ0) is 17.8. The molecule has 25 heavy (non-hydrogen) atoms. The first kappa shape index (κ1) is 16.7. The summed E-state index contributed by atoms with van der Waals surface area (Å²) in [7, 11) is 1.56. The molecule has 0 radical (unpaired) electrons. The van der Waals surface area contributed by atoms with Crippen LogP contribution < -0.4 is 10.3 Å². The Balaban J connectivity index is 1.70. The summed E-state index contributed by atoms with van der Waals surface area (Å²) in [5, 5.41) is 0.551. The van der Waals surface area contributed by atoms with E-state index in [-0.39, 0.29) is 18.7 Å². The Hall–Kier alpha value is -3.15. The second-order valence-corrected chi connectivity index (χ2v) is 5.50. The zero-order valence-electron chi connectivity index (χ0n) is 14.1. The first-order valence-corrected chi connectivity index (χ1v) is 7.87. The number of ether oxygens (including phenoxy) is 2. The molecule has 0 aliphatic rings. The van der Waals surface area contributed by atoms with Crippen LogP contribution in [0.1, 0.15) is 16.2 Å². The quantitative estimate of drug-likeness (QED) is 0.669. The van der Waals surface area contributed by atoms with Crippen molar-refractivity contribution in [2.24, 2.45) is 0 Å². The van der Waals surface area contributed by atoms with E-state index in [4.69, 9.17) is 9.47 Å². The topological polar surface area (TPSA) is 70.4 Å². The number of carbonyl (C=O) groups is 1. The maximum absolute atomic E-state index is 12.5. The van der Waals surface area contributed by atoms with Crippen LogP contribution in [0.5, 0.6) is 5.75 Å². The van der Waals surface area contributed by atoms with E-state index >= 15 is 0 Å². The van der Waals surface area contributed by atoms with Gasteiger partial charge in [-0.15, -0.1) is 0 Å². The van der Waals surface area contributed by atoms with E-state index in [1.54, 1.807) is 56.5 Å². The molecule has 1 aromatic heterocycles. The Morgan fingerprint density at radius 1 is 1.12 bits per heavy atom. The molecule has 0 fully saturated rings. The van der Waals surface area contributed by atoms with Gasteiger partial charge in [-0.1, -0.05) is 12.1 Å². The highest BCUT2D eigenvalue weighted by atomic mass is 16.5. The van der Waals surface area contributed by atoms with Gasteiger partial charge in [0.15, 0.2) is 0 Å². The summed E-state index contributed by atoms with van der Waals surface area (Å²) in [6, 6.07) is 13.8. The van der Waals surface area contributed by atoms with Crippen molar-refractivity contribution in [2.75, 3.05) is 13.7 Å². The third-order valence-corrected chi connectivity index (χ3v) is 3.93. The monoisotopic (exact) mass is 338 g/mol. The molecule has 0 spiro atoms. The molecule has 0 aliphatic carbocycles. The summed E-state index contributed by atoms with van der Waals surface area (Å²) >= 11 is 0. The molecule has 0 bridgehead atoms. The standard InChI is InChI=1S/C19H18N2O4/c1-13-20-17-6-4-3-5-16(17)18(22)21(13)11-12-25-19(23)14-7-9-15(24-2)10-8-14/h3-10H,11-12H2,1-2H3. The second kappa shape index (κ2) is 7.17. The summed E-state index contributed by atoms with van der Waals surface area (Å²) in [5.41, 5.74) is 0.960. The molecule has 0 atom stereocenters. The van der Waals surface area contributed by atoms with E-state index in [0.29, 0.717) is 28.0 Å². The van der Waals surface area contributed by atoms with Crippen LogP contribution >= 0.6 is 0 Å². The van der Waals surface area contributed by atoms with Crippen molar-refractivity contribution in [2.45, 2.75) is 13.5 Å². The molecule has 3 rings (SSSR count). The summed E-state index contributed by atoms with van der Waals surface area (Å²) in [6.07, 6.45) is 0. The number of para-hydroxylation sites is 1. The van der Waals surface area contributed by atoms with Crippen LogP contribution in [0.15, 0.2) is 53.3 Å². The van der Waals surface area contributed by atoms with E-state index in [0.717, 1.165) is 0 Å². The van der Waals surface area contributed by atoms with Crippen LogP contribution in [0.25, 0.3) is 10.9 Å². The number of benzene rings is 2. The first-order valence-electron chi connectivity index (χ1n) is 7.87. The van der Waals surface area contributed by atoms with Gasteiger partial charge in [0, 0.05) is 0 Å². The Morgan fingerprint density at radius 3 is 2.56 bits per heavy atom. The number of fused-ring (bicyclic) bond motifs is 1. The van der Waals surface area contributed by atoms with Crippen LogP contribution in [-0.4, -0.2) is 29.2 Å². The maximum Gasteiger partial charge on any atom is 0.338 e. The van der Waals surface area contributed by atoms with E-state index in [2.05, 4.69) is 4.98 Å². The number of carbonyl (C=O) groups excluding carboxylic acids is 1. The molecule has 0 saturated heterocycles. The normalized spacial score (nSPS) is 10.6. The zero-order valence-corrected chi connectivity index (χ0v) is 14.1.